The fourth-order valence-corrected chi connectivity index (χ4v) is 2.25. The number of methoxy groups -OCH3 is 1. The van der Waals surface area contributed by atoms with Gasteiger partial charge in [0.1, 0.15) is 6.04 Å². The molecule has 0 aliphatic rings. The van der Waals surface area contributed by atoms with Crippen LogP contribution < -0.4 is 5.32 Å². The molecule has 7 heteroatoms. The molecule has 0 radical (unpaired) electrons. The van der Waals surface area contributed by atoms with Crippen molar-refractivity contribution in [3.8, 4) is 0 Å². The van der Waals surface area contributed by atoms with Gasteiger partial charge in [0.2, 0.25) is 5.91 Å². The number of esters is 1. The van der Waals surface area contributed by atoms with E-state index in [9.17, 15) is 9.59 Å². The third-order valence-corrected chi connectivity index (χ3v) is 3.74. The highest BCUT2D eigenvalue weighted by molar-refractivity contribution is 6.30. The van der Waals surface area contributed by atoms with Gasteiger partial charge in [0, 0.05) is 17.4 Å². The standard InChI is InChI=1S/C16H18ClN3O3/c1-11(20-9-3-8-18-20)16(22)19-14(10-15(21)23-2)12-4-6-13(17)7-5-12/h3-9,11,14H,10H2,1-2H3,(H,19,22). The molecule has 0 saturated heterocycles. The van der Waals surface area contributed by atoms with Gasteiger partial charge in [0.25, 0.3) is 0 Å². The van der Waals surface area contributed by atoms with Gasteiger partial charge in [-0.3, -0.25) is 14.3 Å². The van der Waals surface area contributed by atoms with E-state index in [1.165, 1.54) is 7.11 Å². The smallest absolute Gasteiger partial charge is 0.307 e. The van der Waals surface area contributed by atoms with Crippen LogP contribution in [0.25, 0.3) is 0 Å². The van der Waals surface area contributed by atoms with E-state index < -0.39 is 18.1 Å². The lowest BCUT2D eigenvalue weighted by atomic mass is 10.0. The van der Waals surface area contributed by atoms with Crippen molar-refractivity contribution >= 4 is 23.5 Å². The Morgan fingerprint density at radius 1 is 1.35 bits per heavy atom. The van der Waals surface area contributed by atoms with E-state index in [1.807, 2.05) is 0 Å². The zero-order valence-electron chi connectivity index (χ0n) is 12.9. The second-order valence-corrected chi connectivity index (χ2v) is 5.49. The number of hydrogen-bond donors (Lipinski definition) is 1. The molecule has 0 aliphatic carbocycles. The van der Waals surface area contributed by atoms with Crippen LogP contribution in [0, 0.1) is 0 Å². The van der Waals surface area contributed by atoms with Crippen molar-refractivity contribution in [2.75, 3.05) is 7.11 Å². The van der Waals surface area contributed by atoms with Crippen LogP contribution in [0.15, 0.2) is 42.7 Å². The van der Waals surface area contributed by atoms with Gasteiger partial charge in [0.05, 0.1) is 19.6 Å². The van der Waals surface area contributed by atoms with Gasteiger partial charge in [-0.2, -0.15) is 5.10 Å². The molecule has 0 aliphatic heterocycles. The monoisotopic (exact) mass is 335 g/mol. The molecule has 2 unspecified atom stereocenters. The molecule has 1 amide bonds. The van der Waals surface area contributed by atoms with Crippen molar-refractivity contribution in [3.63, 3.8) is 0 Å². The first-order valence-electron chi connectivity index (χ1n) is 7.13. The summed E-state index contributed by atoms with van der Waals surface area (Å²) >= 11 is 5.88. The lowest BCUT2D eigenvalue weighted by Gasteiger charge is -2.21. The van der Waals surface area contributed by atoms with E-state index in [-0.39, 0.29) is 12.3 Å². The summed E-state index contributed by atoms with van der Waals surface area (Å²) < 4.78 is 6.25. The number of nitrogens with one attached hydrogen (secondary N) is 1. The fourth-order valence-electron chi connectivity index (χ4n) is 2.12. The molecule has 0 fully saturated rings. The second-order valence-electron chi connectivity index (χ2n) is 5.06. The van der Waals surface area contributed by atoms with E-state index in [4.69, 9.17) is 16.3 Å². The van der Waals surface area contributed by atoms with Gasteiger partial charge in [0.15, 0.2) is 0 Å². The highest BCUT2D eigenvalue weighted by atomic mass is 35.5. The summed E-state index contributed by atoms with van der Waals surface area (Å²) in [6.45, 7) is 1.74. The average Bonchev–Trinajstić information content (AvgIpc) is 3.08. The van der Waals surface area contributed by atoms with Crippen LogP contribution in [-0.2, 0) is 14.3 Å². The highest BCUT2D eigenvalue weighted by Crippen LogP contribution is 2.21. The number of benzene rings is 1. The number of carbonyl (C=O) groups is 2. The molecule has 122 valence electrons. The molecule has 2 aromatic rings. The first kappa shape index (κ1) is 17.0. The predicted octanol–water partition coefficient (Wildman–Crippen LogP) is 2.52. The Balaban J connectivity index is 2.15. The van der Waals surface area contributed by atoms with E-state index in [1.54, 1.807) is 54.3 Å². The Kier molecular flexibility index (Phi) is 5.76. The van der Waals surface area contributed by atoms with Gasteiger partial charge >= 0.3 is 5.97 Å². The Morgan fingerprint density at radius 3 is 2.61 bits per heavy atom. The lowest BCUT2D eigenvalue weighted by Crippen LogP contribution is -2.35. The molecule has 23 heavy (non-hydrogen) atoms. The SMILES string of the molecule is COC(=O)CC(NC(=O)C(C)n1cccn1)c1ccc(Cl)cc1. The van der Waals surface area contributed by atoms with Crippen LogP contribution in [0.5, 0.6) is 0 Å². The Bertz CT molecular complexity index is 656. The van der Waals surface area contributed by atoms with Crippen molar-refractivity contribution in [2.24, 2.45) is 0 Å². The third-order valence-electron chi connectivity index (χ3n) is 3.49. The lowest BCUT2D eigenvalue weighted by molar-refractivity contribution is -0.141. The zero-order chi connectivity index (χ0) is 16.8. The topological polar surface area (TPSA) is 73.2 Å². The van der Waals surface area contributed by atoms with Crippen LogP contribution in [0.3, 0.4) is 0 Å². The summed E-state index contributed by atoms with van der Waals surface area (Å²) in [4.78, 5) is 24.0. The molecule has 6 nitrogen and oxygen atoms in total. The molecule has 1 aromatic carbocycles. The first-order chi connectivity index (χ1) is 11.0. The van der Waals surface area contributed by atoms with Crippen molar-refractivity contribution in [3.05, 3.63) is 53.3 Å². The van der Waals surface area contributed by atoms with Crippen molar-refractivity contribution in [1.82, 2.24) is 15.1 Å². The Morgan fingerprint density at radius 2 is 2.04 bits per heavy atom. The molecule has 2 rings (SSSR count). The van der Waals surface area contributed by atoms with E-state index in [0.717, 1.165) is 5.56 Å². The van der Waals surface area contributed by atoms with Gasteiger partial charge in [-0.05, 0) is 30.7 Å². The number of ether oxygens (including phenoxy) is 1. The summed E-state index contributed by atoms with van der Waals surface area (Å²) in [6, 6.07) is 7.73. The maximum absolute atomic E-state index is 12.4. The van der Waals surface area contributed by atoms with E-state index >= 15 is 0 Å². The minimum absolute atomic E-state index is 0.0374. The van der Waals surface area contributed by atoms with Crippen molar-refractivity contribution in [2.45, 2.75) is 25.4 Å². The number of hydrogen-bond acceptors (Lipinski definition) is 4. The average molecular weight is 336 g/mol. The summed E-state index contributed by atoms with van der Waals surface area (Å²) in [6.07, 6.45) is 3.35. The zero-order valence-corrected chi connectivity index (χ0v) is 13.7. The molecule has 1 aromatic heterocycles. The summed E-state index contributed by atoms with van der Waals surface area (Å²) in [7, 11) is 1.31. The number of aromatic nitrogens is 2. The van der Waals surface area contributed by atoms with Gasteiger partial charge in [-0.25, -0.2) is 0 Å². The summed E-state index contributed by atoms with van der Waals surface area (Å²) in [5, 5.41) is 7.50. The molecule has 1 N–H and O–H groups in total. The predicted molar refractivity (Wildman–Crippen MR) is 85.9 cm³/mol. The molecule has 0 bridgehead atoms. The highest BCUT2D eigenvalue weighted by Gasteiger charge is 2.23. The van der Waals surface area contributed by atoms with Crippen molar-refractivity contribution < 1.29 is 14.3 Å². The van der Waals surface area contributed by atoms with E-state index in [2.05, 4.69) is 10.4 Å². The molecule has 2 atom stereocenters. The van der Waals surface area contributed by atoms with Crippen LogP contribution in [-0.4, -0.2) is 28.8 Å². The Labute approximate surface area is 139 Å². The van der Waals surface area contributed by atoms with Crippen LogP contribution in [0.2, 0.25) is 5.02 Å². The number of nitrogens with zero attached hydrogens (tertiary/aromatic N) is 2. The minimum Gasteiger partial charge on any atom is -0.469 e. The quantitative estimate of drug-likeness (QED) is 0.823. The normalized spacial score (nSPS) is 13.2. The Hall–Kier alpha value is -2.34. The molecular weight excluding hydrogens is 318 g/mol. The summed E-state index contributed by atoms with van der Waals surface area (Å²) in [5.41, 5.74) is 0.779. The van der Waals surface area contributed by atoms with Crippen LogP contribution in [0.1, 0.15) is 31.0 Å². The number of rotatable bonds is 6. The first-order valence-corrected chi connectivity index (χ1v) is 7.51. The van der Waals surface area contributed by atoms with Crippen molar-refractivity contribution in [1.29, 1.82) is 0 Å². The van der Waals surface area contributed by atoms with E-state index in [0.29, 0.717) is 5.02 Å². The van der Waals surface area contributed by atoms with Gasteiger partial charge in [-0.15, -0.1) is 0 Å². The molecular formula is C16H18ClN3O3. The van der Waals surface area contributed by atoms with Crippen LogP contribution in [0.4, 0.5) is 0 Å². The molecule has 1 heterocycles. The van der Waals surface area contributed by atoms with Gasteiger partial charge < -0.3 is 10.1 Å². The minimum atomic E-state index is -0.495. The maximum atomic E-state index is 12.4. The number of carbonyl (C=O) groups excluding carboxylic acids is 2. The third kappa shape index (κ3) is 4.56. The summed E-state index contributed by atoms with van der Waals surface area (Å²) in [5.74, 6) is -0.644. The molecule has 0 spiro atoms. The molecule has 0 saturated carbocycles. The second kappa shape index (κ2) is 7.78. The van der Waals surface area contributed by atoms with Crippen LogP contribution >= 0.6 is 11.6 Å². The number of amides is 1. The largest absolute Gasteiger partial charge is 0.469 e. The van der Waals surface area contributed by atoms with Gasteiger partial charge in [-0.1, -0.05) is 23.7 Å². The fraction of sp³-hybridized carbons (Fsp3) is 0.312. The maximum Gasteiger partial charge on any atom is 0.307 e. The number of halogens is 1.